The number of aromatic amines is 1. The second-order valence-electron chi connectivity index (χ2n) is 6.78. The summed E-state index contributed by atoms with van der Waals surface area (Å²) in [5.74, 6) is -0.259. The summed E-state index contributed by atoms with van der Waals surface area (Å²) in [7, 11) is 0. The molecule has 6 heteroatoms. The van der Waals surface area contributed by atoms with Crippen molar-refractivity contribution < 1.29 is 9.18 Å². The van der Waals surface area contributed by atoms with E-state index >= 15 is 0 Å². The topological polar surface area (TPSA) is 61.0 Å². The zero-order valence-electron chi connectivity index (χ0n) is 14.9. The van der Waals surface area contributed by atoms with Crippen LogP contribution in [0.3, 0.4) is 0 Å². The summed E-state index contributed by atoms with van der Waals surface area (Å²) >= 11 is 0. The normalized spacial score (nSPS) is 17.1. The van der Waals surface area contributed by atoms with Crippen LogP contribution in [0.15, 0.2) is 61.1 Å². The van der Waals surface area contributed by atoms with Gasteiger partial charge in [0.15, 0.2) is 0 Å². The molecular formula is C21H21FN4O. The number of likely N-dealkylation sites (tertiary alicyclic amines) is 1. The number of H-pyrrole nitrogens is 1. The first-order valence-electron chi connectivity index (χ1n) is 9.07. The van der Waals surface area contributed by atoms with Gasteiger partial charge in [0, 0.05) is 24.1 Å². The van der Waals surface area contributed by atoms with Crippen molar-refractivity contribution in [3.8, 4) is 11.1 Å². The van der Waals surface area contributed by atoms with Crippen LogP contribution < -0.4 is 5.32 Å². The molecule has 0 saturated carbocycles. The molecular weight excluding hydrogens is 343 g/mol. The van der Waals surface area contributed by atoms with Gasteiger partial charge in [-0.2, -0.15) is 0 Å². The molecule has 0 aliphatic carbocycles. The summed E-state index contributed by atoms with van der Waals surface area (Å²) < 4.78 is 13.1. The molecule has 1 saturated heterocycles. The van der Waals surface area contributed by atoms with Crippen LogP contribution in [-0.2, 0) is 11.3 Å². The van der Waals surface area contributed by atoms with Gasteiger partial charge < -0.3 is 10.3 Å². The van der Waals surface area contributed by atoms with E-state index in [1.165, 1.54) is 12.1 Å². The number of nitrogens with one attached hydrogen (secondary N) is 2. The van der Waals surface area contributed by atoms with Crippen molar-refractivity contribution in [2.75, 3.05) is 11.9 Å². The number of hydrogen-bond acceptors (Lipinski definition) is 3. The van der Waals surface area contributed by atoms with Gasteiger partial charge in [0.2, 0.25) is 5.91 Å². The molecule has 2 N–H and O–H groups in total. The van der Waals surface area contributed by atoms with Crippen LogP contribution in [0.1, 0.15) is 18.5 Å². The minimum absolute atomic E-state index is 0.00303. The standard InChI is InChI=1S/C21H21FN4O/c22-17-8-6-15(7-9-17)16-3-1-4-18(11-16)25-21(27)20-5-2-10-26(20)13-19-12-23-14-24-19/h1,3-4,6-9,11-12,14,20H,2,5,10,13H2,(H,23,24)(H,25,27)/t20-/m0/s1. The van der Waals surface area contributed by atoms with E-state index in [0.29, 0.717) is 6.54 Å². The Bertz CT molecular complexity index is 908. The maximum atomic E-state index is 13.1. The van der Waals surface area contributed by atoms with E-state index in [-0.39, 0.29) is 17.8 Å². The Balaban J connectivity index is 1.46. The Morgan fingerprint density at radius 1 is 1.22 bits per heavy atom. The highest BCUT2D eigenvalue weighted by Crippen LogP contribution is 2.25. The van der Waals surface area contributed by atoms with Gasteiger partial charge in [-0.15, -0.1) is 0 Å². The Hall–Kier alpha value is -2.99. The Morgan fingerprint density at radius 3 is 2.85 bits per heavy atom. The number of halogens is 1. The fraction of sp³-hybridized carbons (Fsp3) is 0.238. The van der Waals surface area contributed by atoms with Crippen molar-refractivity contribution in [1.82, 2.24) is 14.9 Å². The summed E-state index contributed by atoms with van der Waals surface area (Å²) in [6, 6.07) is 13.8. The summed E-state index contributed by atoms with van der Waals surface area (Å²) in [5, 5.41) is 3.03. The molecule has 1 amide bonds. The number of imidazole rings is 1. The van der Waals surface area contributed by atoms with Gasteiger partial charge in [-0.3, -0.25) is 9.69 Å². The molecule has 1 aliphatic heterocycles. The van der Waals surface area contributed by atoms with Crippen LogP contribution in [0.5, 0.6) is 0 Å². The molecule has 0 unspecified atom stereocenters. The third-order valence-corrected chi connectivity index (χ3v) is 4.90. The van der Waals surface area contributed by atoms with Crippen molar-refractivity contribution in [3.05, 3.63) is 72.6 Å². The lowest BCUT2D eigenvalue weighted by molar-refractivity contribution is -0.120. The third kappa shape index (κ3) is 4.06. The predicted molar refractivity (Wildman–Crippen MR) is 102 cm³/mol. The van der Waals surface area contributed by atoms with E-state index < -0.39 is 0 Å². The fourth-order valence-electron chi connectivity index (χ4n) is 3.55. The minimum atomic E-state index is -0.262. The van der Waals surface area contributed by atoms with Crippen molar-refractivity contribution in [2.45, 2.75) is 25.4 Å². The highest BCUT2D eigenvalue weighted by atomic mass is 19.1. The van der Waals surface area contributed by atoms with Crippen LogP contribution in [0.4, 0.5) is 10.1 Å². The number of aromatic nitrogens is 2. The lowest BCUT2D eigenvalue weighted by Crippen LogP contribution is -2.39. The lowest BCUT2D eigenvalue weighted by atomic mass is 10.0. The molecule has 138 valence electrons. The van der Waals surface area contributed by atoms with E-state index in [9.17, 15) is 9.18 Å². The third-order valence-electron chi connectivity index (χ3n) is 4.90. The zero-order chi connectivity index (χ0) is 18.6. The van der Waals surface area contributed by atoms with Crippen LogP contribution >= 0.6 is 0 Å². The molecule has 1 atom stereocenters. The molecule has 1 fully saturated rings. The van der Waals surface area contributed by atoms with Crippen LogP contribution in [0.25, 0.3) is 11.1 Å². The monoisotopic (exact) mass is 364 g/mol. The van der Waals surface area contributed by atoms with Gasteiger partial charge in [0.05, 0.1) is 12.4 Å². The van der Waals surface area contributed by atoms with Gasteiger partial charge in [0.25, 0.3) is 0 Å². The smallest absolute Gasteiger partial charge is 0.241 e. The first-order chi connectivity index (χ1) is 13.2. The number of nitrogens with zero attached hydrogens (tertiary/aromatic N) is 2. The molecule has 2 aromatic carbocycles. The van der Waals surface area contributed by atoms with Gasteiger partial charge in [-0.25, -0.2) is 9.37 Å². The summed E-state index contributed by atoms with van der Waals surface area (Å²) in [6.07, 6.45) is 5.29. The molecule has 5 nitrogen and oxygen atoms in total. The quantitative estimate of drug-likeness (QED) is 0.724. The zero-order valence-corrected chi connectivity index (χ0v) is 14.9. The van der Waals surface area contributed by atoms with Crippen LogP contribution in [-0.4, -0.2) is 33.4 Å². The van der Waals surface area contributed by atoms with Crippen LogP contribution in [0.2, 0.25) is 0 Å². The molecule has 2 heterocycles. The summed E-state index contributed by atoms with van der Waals surface area (Å²) in [4.78, 5) is 22.1. The average Bonchev–Trinajstić information content (AvgIpc) is 3.35. The Kier molecular flexibility index (Phi) is 4.98. The molecule has 0 bridgehead atoms. The number of anilines is 1. The summed E-state index contributed by atoms with van der Waals surface area (Å²) in [5.41, 5.74) is 3.60. The number of rotatable bonds is 5. The Labute approximate surface area is 157 Å². The van der Waals surface area contributed by atoms with E-state index in [4.69, 9.17) is 0 Å². The highest BCUT2D eigenvalue weighted by Gasteiger charge is 2.30. The van der Waals surface area contributed by atoms with Gasteiger partial charge in [-0.1, -0.05) is 24.3 Å². The number of benzene rings is 2. The second-order valence-corrected chi connectivity index (χ2v) is 6.78. The fourth-order valence-corrected chi connectivity index (χ4v) is 3.55. The molecule has 0 spiro atoms. The summed E-state index contributed by atoms with van der Waals surface area (Å²) in [6.45, 7) is 1.58. The molecule has 1 aromatic heterocycles. The number of amides is 1. The SMILES string of the molecule is O=C(Nc1cccc(-c2ccc(F)cc2)c1)[C@@H]1CCCN1Cc1cnc[nH]1. The van der Waals surface area contributed by atoms with Crippen molar-refractivity contribution >= 4 is 11.6 Å². The number of carbonyl (C=O) groups is 1. The first kappa shape index (κ1) is 17.4. The average molecular weight is 364 g/mol. The molecule has 0 radical (unpaired) electrons. The maximum Gasteiger partial charge on any atom is 0.241 e. The predicted octanol–water partition coefficient (Wildman–Crippen LogP) is 3.82. The van der Waals surface area contributed by atoms with E-state index in [1.807, 2.05) is 24.3 Å². The van der Waals surface area contributed by atoms with E-state index in [1.54, 1.807) is 24.7 Å². The van der Waals surface area contributed by atoms with Gasteiger partial charge in [-0.05, 0) is 54.8 Å². The second kappa shape index (κ2) is 7.72. The Morgan fingerprint density at radius 2 is 2.07 bits per heavy atom. The molecule has 4 rings (SSSR count). The molecule has 1 aliphatic rings. The lowest BCUT2D eigenvalue weighted by Gasteiger charge is -2.23. The largest absolute Gasteiger partial charge is 0.347 e. The number of hydrogen-bond donors (Lipinski definition) is 2. The maximum absolute atomic E-state index is 13.1. The highest BCUT2D eigenvalue weighted by molar-refractivity contribution is 5.95. The van der Waals surface area contributed by atoms with Gasteiger partial charge >= 0.3 is 0 Å². The van der Waals surface area contributed by atoms with Crippen molar-refractivity contribution in [2.24, 2.45) is 0 Å². The minimum Gasteiger partial charge on any atom is -0.347 e. The van der Waals surface area contributed by atoms with Crippen molar-refractivity contribution in [3.63, 3.8) is 0 Å². The first-order valence-corrected chi connectivity index (χ1v) is 9.07. The van der Waals surface area contributed by atoms with Crippen LogP contribution in [0, 0.1) is 5.82 Å². The number of carbonyl (C=O) groups excluding carboxylic acids is 1. The van der Waals surface area contributed by atoms with E-state index in [2.05, 4.69) is 20.2 Å². The van der Waals surface area contributed by atoms with Gasteiger partial charge in [0.1, 0.15) is 5.82 Å². The van der Waals surface area contributed by atoms with Crippen molar-refractivity contribution in [1.29, 1.82) is 0 Å². The molecule has 27 heavy (non-hydrogen) atoms. The van der Waals surface area contributed by atoms with E-state index in [0.717, 1.165) is 41.9 Å². The molecule has 3 aromatic rings.